The van der Waals surface area contributed by atoms with E-state index in [4.69, 9.17) is 4.74 Å². The molecule has 3 rings (SSSR count). The molecule has 0 saturated heterocycles. The molecule has 0 radical (unpaired) electrons. The van der Waals surface area contributed by atoms with Gasteiger partial charge in [-0.05, 0) is 29.5 Å². The maximum Gasteiger partial charge on any atom is 0.329 e. The zero-order valence-corrected chi connectivity index (χ0v) is 16.9. The molecule has 2 amide bonds. The van der Waals surface area contributed by atoms with Gasteiger partial charge in [-0.2, -0.15) is 0 Å². The zero-order chi connectivity index (χ0) is 21.5. The van der Waals surface area contributed by atoms with E-state index in [0.29, 0.717) is 11.3 Å². The van der Waals surface area contributed by atoms with Gasteiger partial charge in [0.2, 0.25) is 0 Å². The predicted octanol–water partition coefficient (Wildman–Crippen LogP) is 3.78. The number of anilines is 1. The molecular formula is C24H24N2O4. The number of carbonyl (C=O) groups is 3. The van der Waals surface area contributed by atoms with Crippen LogP contribution in [0.2, 0.25) is 0 Å². The van der Waals surface area contributed by atoms with Crippen molar-refractivity contribution < 1.29 is 19.1 Å². The van der Waals surface area contributed by atoms with Crippen molar-refractivity contribution in [3.8, 4) is 0 Å². The first kappa shape index (κ1) is 21.0. The van der Waals surface area contributed by atoms with Crippen molar-refractivity contribution in [2.75, 3.05) is 11.9 Å². The monoisotopic (exact) mass is 404 g/mol. The Morgan fingerprint density at radius 1 is 0.867 bits per heavy atom. The quantitative estimate of drug-likeness (QED) is 0.587. The lowest BCUT2D eigenvalue weighted by Crippen LogP contribution is -2.45. The first-order valence-corrected chi connectivity index (χ1v) is 9.76. The van der Waals surface area contributed by atoms with Crippen LogP contribution in [-0.2, 0) is 14.3 Å². The van der Waals surface area contributed by atoms with Gasteiger partial charge >= 0.3 is 5.97 Å². The summed E-state index contributed by atoms with van der Waals surface area (Å²) in [4.78, 5) is 37.2. The summed E-state index contributed by atoms with van der Waals surface area (Å²) >= 11 is 0. The summed E-state index contributed by atoms with van der Waals surface area (Å²) < 4.78 is 5.18. The molecule has 1 atom stereocenters. The molecule has 0 spiro atoms. The van der Waals surface area contributed by atoms with Crippen LogP contribution in [0.25, 0.3) is 10.8 Å². The van der Waals surface area contributed by atoms with Crippen molar-refractivity contribution in [2.45, 2.75) is 19.9 Å². The number of nitrogens with one attached hydrogen (secondary N) is 2. The molecule has 0 fully saturated rings. The highest BCUT2D eigenvalue weighted by atomic mass is 16.5. The van der Waals surface area contributed by atoms with Crippen molar-refractivity contribution >= 4 is 34.2 Å². The molecule has 0 unspecified atom stereocenters. The van der Waals surface area contributed by atoms with Crippen molar-refractivity contribution in [3.05, 3.63) is 78.4 Å². The molecule has 0 aliphatic rings. The van der Waals surface area contributed by atoms with Gasteiger partial charge in [0.05, 0.1) is 0 Å². The fourth-order valence-corrected chi connectivity index (χ4v) is 3.06. The van der Waals surface area contributed by atoms with E-state index in [1.54, 1.807) is 50.2 Å². The molecule has 3 aromatic carbocycles. The van der Waals surface area contributed by atoms with Crippen LogP contribution in [0.5, 0.6) is 0 Å². The molecule has 0 heterocycles. The van der Waals surface area contributed by atoms with Crippen LogP contribution in [0.15, 0.2) is 72.8 Å². The molecule has 30 heavy (non-hydrogen) atoms. The molecule has 6 nitrogen and oxygen atoms in total. The predicted molar refractivity (Wildman–Crippen MR) is 116 cm³/mol. The summed E-state index contributed by atoms with van der Waals surface area (Å²) in [5.74, 6) is -1.67. The number of benzene rings is 3. The number of ether oxygens (including phenoxy) is 1. The molecule has 0 aromatic heterocycles. The van der Waals surface area contributed by atoms with Crippen LogP contribution < -0.4 is 10.6 Å². The molecular weight excluding hydrogens is 380 g/mol. The second kappa shape index (κ2) is 9.69. The van der Waals surface area contributed by atoms with Crippen LogP contribution in [0.3, 0.4) is 0 Å². The van der Waals surface area contributed by atoms with Crippen molar-refractivity contribution in [1.82, 2.24) is 5.32 Å². The van der Waals surface area contributed by atoms with E-state index in [2.05, 4.69) is 10.6 Å². The lowest BCUT2D eigenvalue weighted by molar-refractivity contribution is -0.150. The molecule has 3 aromatic rings. The largest absolute Gasteiger partial charge is 0.454 e. The lowest BCUT2D eigenvalue weighted by Gasteiger charge is -2.21. The van der Waals surface area contributed by atoms with Crippen molar-refractivity contribution in [3.63, 3.8) is 0 Å². The lowest BCUT2D eigenvalue weighted by atomic mass is 10.0. The molecule has 6 heteroatoms. The Hall–Kier alpha value is -3.67. The van der Waals surface area contributed by atoms with Gasteiger partial charge in [0.1, 0.15) is 6.04 Å². The van der Waals surface area contributed by atoms with Crippen LogP contribution in [0, 0.1) is 5.92 Å². The number of hydrogen-bond donors (Lipinski definition) is 2. The minimum Gasteiger partial charge on any atom is -0.454 e. The van der Waals surface area contributed by atoms with E-state index in [-0.39, 0.29) is 11.8 Å². The number of esters is 1. The third-order valence-corrected chi connectivity index (χ3v) is 4.65. The van der Waals surface area contributed by atoms with E-state index in [0.717, 1.165) is 10.8 Å². The number of carbonyl (C=O) groups excluding carboxylic acids is 3. The van der Waals surface area contributed by atoms with Crippen LogP contribution >= 0.6 is 0 Å². The average Bonchev–Trinajstić information content (AvgIpc) is 2.76. The van der Waals surface area contributed by atoms with Crippen molar-refractivity contribution in [2.24, 2.45) is 5.92 Å². The second-order valence-corrected chi connectivity index (χ2v) is 7.24. The first-order valence-electron chi connectivity index (χ1n) is 9.76. The summed E-state index contributed by atoms with van der Waals surface area (Å²) in [7, 11) is 0. The van der Waals surface area contributed by atoms with Gasteiger partial charge in [-0.25, -0.2) is 4.79 Å². The maximum absolute atomic E-state index is 12.5. The van der Waals surface area contributed by atoms with Crippen molar-refractivity contribution in [1.29, 1.82) is 0 Å². The topological polar surface area (TPSA) is 84.5 Å². The summed E-state index contributed by atoms with van der Waals surface area (Å²) in [6.07, 6.45) is 0. The number of fused-ring (bicyclic) bond motifs is 1. The molecule has 0 aliphatic heterocycles. The minimum absolute atomic E-state index is 0.203. The fourth-order valence-electron chi connectivity index (χ4n) is 3.06. The number of amides is 2. The van der Waals surface area contributed by atoms with E-state index in [1.807, 2.05) is 36.4 Å². The summed E-state index contributed by atoms with van der Waals surface area (Å²) in [5.41, 5.74) is 1.09. The highest BCUT2D eigenvalue weighted by Gasteiger charge is 2.26. The molecule has 0 bridgehead atoms. The minimum atomic E-state index is -0.858. The Morgan fingerprint density at radius 2 is 1.53 bits per heavy atom. The third kappa shape index (κ3) is 5.23. The Morgan fingerprint density at radius 3 is 2.27 bits per heavy atom. The van der Waals surface area contributed by atoms with Gasteiger partial charge in [0, 0.05) is 16.6 Å². The average molecular weight is 404 g/mol. The van der Waals surface area contributed by atoms with Gasteiger partial charge in [0.15, 0.2) is 6.61 Å². The first-order chi connectivity index (χ1) is 14.5. The highest BCUT2D eigenvalue weighted by molar-refractivity contribution is 6.03. The van der Waals surface area contributed by atoms with Gasteiger partial charge in [-0.3, -0.25) is 9.59 Å². The smallest absolute Gasteiger partial charge is 0.329 e. The van der Waals surface area contributed by atoms with E-state index < -0.39 is 24.5 Å². The highest BCUT2D eigenvalue weighted by Crippen LogP contribution is 2.22. The summed E-state index contributed by atoms with van der Waals surface area (Å²) in [6.45, 7) is 3.16. The van der Waals surface area contributed by atoms with Crippen LogP contribution in [0.4, 0.5) is 5.69 Å². The number of rotatable bonds is 7. The molecule has 2 N–H and O–H groups in total. The zero-order valence-electron chi connectivity index (χ0n) is 16.9. The Bertz CT molecular complexity index is 1040. The van der Waals surface area contributed by atoms with Gasteiger partial charge in [0.25, 0.3) is 11.8 Å². The summed E-state index contributed by atoms with van der Waals surface area (Å²) in [6, 6.07) is 21.0. The molecule has 0 aliphatic carbocycles. The Kier molecular flexibility index (Phi) is 6.80. The van der Waals surface area contributed by atoms with Gasteiger partial charge in [-0.1, -0.05) is 68.4 Å². The normalized spacial score (nSPS) is 11.7. The van der Waals surface area contributed by atoms with Gasteiger partial charge < -0.3 is 15.4 Å². The van der Waals surface area contributed by atoms with Crippen LogP contribution in [-0.4, -0.2) is 30.4 Å². The standard InChI is InChI=1S/C24H24N2O4/c1-16(2)22(26-23(28)18-10-4-3-5-11-18)24(29)30-15-21(27)25-20-14-8-12-17-9-6-7-13-19(17)20/h3-14,16,22H,15H2,1-2H3,(H,25,27)(H,26,28)/t22-/m1/s1. The van der Waals surface area contributed by atoms with E-state index in [9.17, 15) is 14.4 Å². The Balaban J connectivity index is 1.59. The Labute approximate surface area is 175 Å². The van der Waals surface area contributed by atoms with Crippen LogP contribution in [0.1, 0.15) is 24.2 Å². The SMILES string of the molecule is CC(C)[C@@H](NC(=O)c1ccccc1)C(=O)OCC(=O)Nc1cccc2ccccc12. The van der Waals surface area contributed by atoms with E-state index >= 15 is 0 Å². The maximum atomic E-state index is 12.5. The summed E-state index contributed by atoms with van der Waals surface area (Å²) in [5, 5.41) is 7.35. The van der Waals surface area contributed by atoms with E-state index in [1.165, 1.54) is 0 Å². The fraction of sp³-hybridized carbons (Fsp3) is 0.208. The van der Waals surface area contributed by atoms with Gasteiger partial charge in [-0.15, -0.1) is 0 Å². The number of hydrogen-bond acceptors (Lipinski definition) is 4. The molecule has 154 valence electrons. The molecule has 0 saturated carbocycles. The third-order valence-electron chi connectivity index (χ3n) is 4.65. The second-order valence-electron chi connectivity index (χ2n) is 7.24.